The van der Waals surface area contributed by atoms with Crippen LogP contribution in [0.2, 0.25) is 0 Å². The molecule has 0 saturated heterocycles. The van der Waals surface area contributed by atoms with Gasteiger partial charge in [0.25, 0.3) is 0 Å². The van der Waals surface area contributed by atoms with Crippen LogP contribution in [-0.2, 0) is 6.54 Å². The first-order valence-electron chi connectivity index (χ1n) is 7.92. The van der Waals surface area contributed by atoms with Crippen molar-refractivity contribution >= 4 is 0 Å². The standard InChI is InChI=1S/C15H28N4/c1-3-11-19-14(12-17-18-19)15(16-2)13-9-7-5-4-6-8-10-13/h12-13,15-16H,3-11H2,1-2H3. The molecule has 2 rings (SSSR count). The van der Waals surface area contributed by atoms with Crippen LogP contribution in [0, 0.1) is 5.92 Å². The second-order valence-electron chi connectivity index (χ2n) is 5.75. The molecule has 0 amide bonds. The highest BCUT2D eigenvalue weighted by Gasteiger charge is 2.25. The molecule has 1 saturated carbocycles. The molecule has 1 heterocycles. The van der Waals surface area contributed by atoms with Gasteiger partial charge < -0.3 is 5.32 Å². The quantitative estimate of drug-likeness (QED) is 0.887. The van der Waals surface area contributed by atoms with E-state index in [2.05, 4.69) is 34.3 Å². The topological polar surface area (TPSA) is 42.7 Å². The van der Waals surface area contributed by atoms with Crippen molar-refractivity contribution in [2.75, 3.05) is 7.05 Å². The summed E-state index contributed by atoms with van der Waals surface area (Å²) in [5, 5.41) is 11.9. The molecular weight excluding hydrogens is 236 g/mol. The number of aryl methyl sites for hydroxylation is 1. The largest absolute Gasteiger partial charge is 0.311 e. The first-order valence-corrected chi connectivity index (χ1v) is 7.92. The molecule has 0 bridgehead atoms. The highest BCUT2D eigenvalue weighted by molar-refractivity contribution is 5.04. The van der Waals surface area contributed by atoms with Crippen LogP contribution < -0.4 is 5.32 Å². The Morgan fingerprint density at radius 3 is 2.58 bits per heavy atom. The van der Waals surface area contributed by atoms with Gasteiger partial charge in [0.2, 0.25) is 0 Å². The van der Waals surface area contributed by atoms with E-state index in [0.717, 1.165) is 18.9 Å². The van der Waals surface area contributed by atoms with Crippen LogP contribution in [-0.4, -0.2) is 22.0 Å². The van der Waals surface area contributed by atoms with Crippen LogP contribution in [0.1, 0.15) is 70.0 Å². The van der Waals surface area contributed by atoms with Gasteiger partial charge in [0, 0.05) is 6.54 Å². The zero-order valence-corrected chi connectivity index (χ0v) is 12.4. The van der Waals surface area contributed by atoms with Crippen LogP contribution in [0.25, 0.3) is 0 Å². The fraction of sp³-hybridized carbons (Fsp3) is 0.867. The molecule has 4 nitrogen and oxygen atoms in total. The normalized spacial score (nSPS) is 19.9. The van der Waals surface area contributed by atoms with Gasteiger partial charge in [0.05, 0.1) is 17.9 Å². The number of nitrogens with zero attached hydrogens (tertiary/aromatic N) is 3. The van der Waals surface area contributed by atoms with Gasteiger partial charge in [0.15, 0.2) is 0 Å². The summed E-state index contributed by atoms with van der Waals surface area (Å²) in [6, 6.07) is 0.416. The number of aromatic nitrogens is 3. The SMILES string of the molecule is CCCn1nncc1C(NC)C1CCCCCCC1. The van der Waals surface area contributed by atoms with Crippen molar-refractivity contribution in [3.05, 3.63) is 11.9 Å². The van der Waals surface area contributed by atoms with Gasteiger partial charge in [-0.25, -0.2) is 4.68 Å². The van der Waals surface area contributed by atoms with Gasteiger partial charge in [-0.2, -0.15) is 0 Å². The maximum Gasteiger partial charge on any atom is 0.0759 e. The maximum absolute atomic E-state index is 4.24. The van der Waals surface area contributed by atoms with Crippen LogP contribution in [0.5, 0.6) is 0 Å². The summed E-state index contributed by atoms with van der Waals surface area (Å²) in [4.78, 5) is 0. The Hall–Kier alpha value is -0.900. The second kappa shape index (κ2) is 7.63. The third-order valence-corrected chi connectivity index (χ3v) is 4.33. The lowest BCUT2D eigenvalue weighted by atomic mass is 9.84. The molecule has 1 fully saturated rings. The first kappa shape index (κ1) is 14.5. The molecule has 108 valence electrons. The highest BCUT2D eigenvalue weighted by atomic mass is 15.4. The van der Waals surface area contributed by atoms with Gasteiger partial charge in [-0.05, 0) is 32.2 Å². The molecule has 1 unspecified atom stereocenters. The van der Waals surface area contributed by atoms with E-state index in [-0.39, 0.29) is 0 Å². The molecule has 19 heavy (non-hydrogen) atoms. The maximum atomic E-state index is 4.24. The van der Waals surface area contributed by atoms with Crippen molar-refractivity contribution in [1.29, 1.82) is 0 Å². The molecule has 1 aromatic rings. The minimum atomic E-state index is 0.416. The van der Waals surface area contributed by atoms with Crippen molar-refractivity contribution in [2.24, 2.45) is 5.92 Å². The molecular formula is C15H28N4. The van der Waals surface area contributed by atoms with Crippen LogP contribution in [0.3, 0.4) is 0 Å². The van der Waals surface area contributed by atoms with E-state index in [4.69, 9.17) is 0 Å². The summed E-state index contributed by atoms with van der Waals surface area (Å²) >= 11 is 0. The van der Waals surface area contributed by atoms with Gasteiger partial charge >= 0.3 is 0 Å². The third-order valence-electron chi connectivity index (χ3n) is 4.33. The summed E-state index contributed by atoms with van der Waals surface area (Å²) < 4.78 is 2.08. The number of hydrogen-bond acceptors (Lipinski definition) is 3. The molecule has 0 aliphatic heterocycles. The average Bonchev–Trinajstić information content (AvgIpc) is 2.81. The molecule has 0 aromatic carbocycles. The molecule has 0 radical (unpaired) electrons. The second-order valence-corrected chi connectivity index (χ2v) is 5.75. The Balaban J connectivity index is 2.10. The lowest BCUT2D eigenvalue weighted by Crippen LogP contribution is -2.28. The van der Waals surface area contributed by atoms with E-state index < -0.39 is 0 Å². The molecule has 0 spiro atoms. The predicted molar refractivity (Wildman–Crippen MR) is 77.9 cm³/mol. The van der Waals surface area contributed by atoms with Gasteiger partial charge in [-0.15, -0.1) is 5.10 Å². The fourth-order valence-corrected chi connectivity index (χ4v) is 3.34. The Kier molecular flexibility index (Phi) is 5.83. The summed E-state index contributed by atoms with van der Waals surface area (Å²) in [7, 11) is 2.08. The van der Waals surface area contributed by atoms with E-state index in [1.165, 1.54) is 50.6 Å². The smallest absolute Gasteiger partial charge is 0.0759 e. The lowest BCUT2D eigenvalue weighted by molar-refractivity contribution is 0.287. The predicted octanol–water partition coefficient (Wildman–Crippen LogP) is 3.31. The van der Waals surface area contributed by atoms with E-state index in [1.807, 2.05) is 6.20 Å². The monoisotopic (exact) mass is 264 g/mol. The zero-order chi connectivity index (χ0) is 13.5. The molecule has 1 aliphatic rings. The minimum absolute atomic E-state index is 0.416. The average molecular weight is 264 g/mol. The van der Waals surface area contributed by atoms with E-state index in [9.17, 15) is 0 Å². The highest BCUT2D eigenvalue weighted by Crippen LogP contribution is 2.32. The Bertz CT molecular complexity index is 353. The van der Waals surface area contributed by atoms with Crippen molar-refractivity contribution < 1.29 is 0 Å². The van der Waals surface area contributed by atoms with Crippen molar-refractivity contribution in [1.82, 2.24) is 20.3 Å². The summed E-state index contributed by atoms with van der Waals surface area (Å²) in [5.74, 6) is 0.736. The zero-order valence-electron chi connectivity index (χ0n) is 12.4. The summed E-state index contributed by atoms with van der Waals surface area (Å²) in [5.41, 5.74) is 1.27. The third kappa shape index (κ3) is 3.78. The molecule has 4 heteroatoms. The number of hydrogen-bond donors (Lipinski definition) is 1. The van der Waals surface area contributed by atoms with E-state index >= 15 is 0 Å². The van der Waals surface area contributed by atoms with Gasteiger partial charge in [0.1, 0.15) is 0 Å². The molecule has 1 atom stereocenters. The van der Waals surface area contributed by atoms with Crippen molar-refractivity contribution in [3.8, 4) is 0 Å². The van der Waals surface area contributed by atoms with Crippen molar-refractivity contribution in [3.63, 3.8) is 0 Å². The van der Waals surface area contributed by atoms with Crippen LogP contribution in [0.15, 0.2) is 6.20 Å². The van der Waals surface area contributed by atoms with E-state index in [0.29, 0.717) is 6.04 Å². The Morgan fingerprint density at radius 2 is 1.95 bits per heavy atom. The van der Waals surface area contributed by atoms with E-state index in [1.54, 1.807) is 0 Å². The summed E-state index contributed by atoms with van der Waals surface area (Å²) in [6.45, 7) is 3.16. The lowest BCUT2D eigenvalue weighted by Gasteiger charge is -2.28. The Morgan fingerprint density at radius 1 is 1.26 bits per heavy atom. The van der Waals surface area contributed by atoms with Gasteiger partial charge in [-0.3, -0.25) is 0 Å². The van der Waals surface area contributed by atoms with Gasteiger partial charge in [-0.1, -0.05) is 44.2 Å². The molecule has 1 aliphatic carbocycles. The molecule has 1 N–H and O–H groups in total. The summed E-state index contributed by atoms with van der Waals surface area (Å²) in [6.07, 6.45) is 12.7. The minimum Gasteiger partial charge on any atom is -0.311 e. The van der Waals surface area contributed by atoms with Crippen LogP contribution in [0.4, 0.5) is 0 Å². The van der Waals surface area contributed by atoms with Crippen LogP contribution >= 0.6 is 0 Å². The van der Waals surface area contributed by atoms with Crippen molar-refractivity contribution in [2.45, 2.75) is 70.9 Å². The first-order chi connectivity index (χ1) is 9.36. The number of nitrogens with one attached hydrogen (secondary N) is 1. The fourth-order valence-electron chi connectivity index (χ4n) is 3.34. The number of rotatable bonds is 5. The Labute approximate surface area is 117 Å². The molecule has 1 aromatic heterocycles.